The molecule has 5 nitrogen and oxygen atoms in total. The molecule has 0 saturated carbocycles. The van der Waals surface area contributed by atoms with Crippen molar-refractivity contribution in [1.29, 1.82) is 0 Å². The van der Waals surface area contributed by atoms with Crippen LogP contribution in [0.15, 0.2) is 48.5 Å². The molecule has 0 radical (unpaired) electrons. The lowest BCUT2D eigenvalue weighted by Gasteiger charge is -2.19. The van der Waals surface area contributed by atoms with Crippen LogP contribution >= 0.6 is 11.6 Å². The lowest BCUT2D eigenvalue weighted by atomic mass is 10.2. The van der Waals surface area contributed by atoms with Crippen molar-refractivity contribution in [3.8, 4) is 5.75 Å². The molecule has 0 aromatic heterocycles. The maximum atomic E-state index is 12.4. The molecule has 0 unspecified atom stereocenters. The van der Waals surface area contributed by atoms with Gasteiger partial charge in [-0.25, -0.2) is 0 Å². The van der Waals surface area contributed by atoms with Gasteiger partial charge in [0.25, 0.3) is 0 Å². The molecule has 0 spiro atoms. The number of hydrogen-bond acceptors (Lipinski definition) is 3. The molecule has 0 bridgehead atoms. The third kappa shape index (κ3) is 6.15. The van der Waals surface area contributed by atoms with Gasteiger partial charge in [0, 0.05) is 23.3 Å². The molecule has 0 saturated heterocycles. The predicted octanol–water partition coefficient (Wildman–Crippen LogP) is 4.16. The largest absolute Gasteiger partial charge is 0.497 e. The van der Waals surface area contributed by atoms with Crippen LogP contribution in [0, 0.1) is 6.92 Å². The Balaban J connectivity index is 2.00. The molecule has 2 aromatic carbocycles. The van der Waals surface area contributed by atoms with Gasteiger partial charge >= 0.3 is 0 Å². The van der Waals surface area contributed by atoms with E-state index in [4.69, 9.17) is 16.3 Å². The minimum absolute atomic E-state index is 0.0380. The van der Waals surface area contributed by atoms with Gasteiger partial charge < -0.3 is 15.0 Å². The van der Waals surface area contributed by atoms with Gasteiger partial charge in [0.1, 0.15) is 12.3 Å². The number of halogens is 1. The van der Waals surface area contributed by atoms with Crippen molar-refractivity contribution in [2.45, 2.75) is 13.8 Å². The summed E-state index contributed by atoms with van der Waals surface area (Å²) in [6.45, 7) is 4.09. The van der Waals surface area contributed by atoms with Gasteiger partial charge in [-0.05, 0) is 55.3 Å². The minimum atomic E-state index is -0.273. The Kier molecular flexibility index (Phi) is 7.44. The standard InChI is InChI=1S/C21H23ClN2O3/c1-4-24(14-20(25)23-19-13-17(22)10-8-15(19)2)21(26)11-9-16-6-5-7-18(12-16)27-3/h5-13H,4,14H2,1-3H3,(H,23,25)/b11-9+. The monoisotopic (exact) mass is 386 g/mol. The summed E-state index contributed by atoms with van der Waals surface area (Å²) in [4.78, 5) is 26.2. The summed E-state index contributed by atoms with van der Waals surface area (Å²) in [5, 5.41) is 3.34. The van der Waals surface area contributed by atoms with Crippen molar-refractivity contribution < 1.29 is 14.3 Å². The van der Waals surface area contributed by atoms with Gasteiger partial charge in [-0.2, -0.15) is 0 Å². The predicted molar refractivity (Wildman–Crippen MR) is 109 cm³/mol. The third-order valence-corrected chi connectivity index (χ3v) is 4.25. The molecule has 2 rings (SSSR count). The van der Waals surface area contributed by atoms with Gasteiger partial charge in [-0.15, -0.1) is 0 Å². The van der Waals surface area contributed by atoms with E-state index in [2.05, 4.69) is 5.32 Å². The molecule has 6 heteroatoms. The number of amides is 2. The molecule has 0 aliphatic rings. The first-order valence-electron chi connectivity index (χ1n) is 8.60. The normalized spacial score (nSPS) is 10.7. The maximum absolute atomic E-state index is 12.4. The quantitative estimate of drug-likeness (QED) is 0.727. The summed E-state index contributed by atoms with van der Waals surface area (Å²) in [7, 11) is 1.59. The molecule has 0 heterocycles. The van der Waals surface area contributed by atoms with Crippen LogP contribution in [0.1, 0.15) is 18.1 Å². The van der Waals surface area contributed by atoms with Crippen molar-refractivity contribution in [3.63, 3.8) is 0 Å². The van der Waals surface area contributed by atoms with Crippen LogP contribution in [0.2, 0.25) is 5.02 Å². The molecule has 0 aliphatic carbocycles. The molecule has 1 N–H and O–H groups in total. The van der Waals surface area contributed by atoms with Crippen LogP contribution in [0.4, 0.5) is 5.69 Å². The Morgan fingerprint density at radius 3 is 2.70 bits per heavy atom. The van der Waals surface area contributed by atoms with E-state index in [1.165, 1.54) is 11.0 Å². The highest BCUT2D eigenvalue weighted by Crippen LogP contribution is 2.20. The van der Waals surface area contributed by atoms with Gasteiger partial charge in [0.05, 0.1) is 7.11 Å². The van der Waals surface area contributed by atoms with E-state index in [9.17, 15) is 9.59 Å². The van der Waals surface area contributed by atoms with Crippen molar-refractivity contribution >= 4 is 35.2 Å². The van der Waals surface area contributed by atoms with Crippen LogP contribution in [-0.4, -0.2) is 36.9 Å². The molecular formula is C21H23ClN2O3. The fourth-order valence-electron chi connectivity index (χ4n) is 2.46. The van der Waals surface area contributed by atoms with Gasteiger partial charge in [0.2, 0.25) is 11.8 Å². The van der Waals surface area contributed by atoms with Crippen LogP contribution in [-0.2, 0) is 9.59 Å². The Bertz CT molecular complexity index is 849. The second kappa shape index (κ2) is 9.78. The topological polar surface area (TPSA) is 58.6 Å². The van der Waals surface area contributed by atoms with E-state index in [0.717, 1.165) is 11.1 Å². The van der Waals surface area contributed by atoms with Crippen molar-refractivity contribution in [2.75, 3.05) is 25.5 Å². The highest BCUT2D eigenvalue weighted by molar-refractivity contribution is 6.31. The summed E-state index contributed by atoms with van der Waals surface area (Å²) < 4.78 is 5.17. The summed E-state index contributed by atoms with van der Waals surface area (Å²) in [5.74, 6) is 0.205. The number of benzene rings is 2. The number of methoxy groups -OCH3 is 1. The van der Waals surface area contributed by atoms with E-state index in [0.29, 0.717) is 23.0 Å². The number of carbonyl (C=O) groups is 2. The average Bonchev–Trinajstić information content (AvgIpc) is 2.67. The molecular weight excluding hydrogens is 364 g/mol. The van der Waals surface area contributed by atoms with Crippen LogP contribution in [0.5, 0.6) is 5.75 Å². The minimum Gasteiger partial charge on any atom is -0.497 e. The van der Waals surface area contributed by atoms with E-state index in [-0.39, 0.29) is 18.4 Å². The van der Waals surface area contributed by atoms with Crippen LogP contribution in [0.25, 0.3) is 6.08 Å². The van der Waals surface area contributed by atoms with Crippen molar-refractivity contribution in [3.05, 3.63) is 64.7 Å². The zero-order chi connectivity index (χ0) is 19.8. The summed E-state index contributed by atoms with van der Waals surface area (Å²) in [6.07, 6.45) is 3.16. The average molecular weight is 387 g/mol. The van der Waals surface area contributed by atoms with Crippen molar-refractivity contribution in [1.82, 2.24) is 4.90 Å². The number of nitrogens with one attached hydrogen (secondary N) is 1. The summed E-state index contributed by atoms with van der Waals surface area (Å²) in [6, 6.07) is 12.7. The number of carbonyl (C=O) groups excluding carboxylic acids is 2. The van der Waals surface area contributed by atoms with Crippen LogP contribution in [0.3, 0.4) is 0 Å². The molecule has 2 aromatic rings. The number of rotatable bonds is 7. The second-order valence-corrected chi connectivity index (χ2v) is 6.41. The fourth-order valence-corrected chi connectivity index (χ4v) is 2.63. The number of hydrogen-bond donors (Lipinski definition) is 1. The number of aryl methyl sites for hydroxylation is 1. The van der Waals surface area contributed by atoms with Crippen molar-refractivity contribution in [2.24, 2.45) is 0 Å². The van der Waals surface area contributed by atoms with E-state index < -0.39 is 0 Å². The fraction of sp³-hybridized carbons (Fsp3) is 0.238. The molecule has 0 atom stereocenters. The smallest absolute Gasteiger partial charge is 0.247 e. The van der Waals surface area contributed by atoms with Gasteiger partial charge in [-0.3, -0.25) is 9.59 Å². The highest BCUT2D eigenvalue weighted by atomic mass is 35.5. The lowest BCUT2D eigenvalue weighted by Crippen LogP contribution is -2.37. The van der Waals surface area contributed by atoms with E-state index >= 15 is 0 Å². The third-order valence-electron chi connectivity index (χ3n) is 4.01. The van der Waals surface area contributed by atoms with Crippen LogP contribution < -0.4 is 10.1 Å². The molecule has 2 amide bonds. The zero-order valence-electron chi connectivity index (χ0n) is 15.7. The number of nitrogens with zero attached hydrogens (tertiary/aromatic N) is 1. The second-order valence-electron chi connectivity index (χ2n) is 5.97. The molecule has 0 aliphatic heterocycles. The zero-order valence-corrected chi connectivity index (χ0v) is 16.4. The van der Waals surface area contributed by atoms with E-state index in [1.54, 1.807) is 25.3 Å². The molecule has 27 heavy (non-hydrogen) atoms. The Morgan fingerprint density at radius 1 is 1.22 bits per heavy atom. The highest BCUT2D eigenvalue weighted by Gasteiger charge is 2.14. The number of ether oxygens (including phenoxy) is 1. The first kappa shape index (κ1) is 20.5. The Labute approximate surface area is 164 Å². The summed E-state index contributed by atoms with van der Waals surface area (Å²) >= 11 is 5.97. The molecule has 0 fully saturated rings. The Morgan fingerprint density at radius 2 is 2.00 bits per heavy atom. The summed E-state index contributed by atoms with van der Waals surface area (Å²) in [5.41, 5.74) is 2.39. The Hall–Kier alpha value is -2.79. The van der Waals surface area contributed by atoms with Gasteiger partial charge in [-0.1, -0.05) is 29.8 Å². The number of likely N-dealkylation sites (N-methyl/N-ethyl adjacent to an activating group) is 1. The van der Waals surface area contributed by atoms with Gasteiger partial charge in [0.15, 0.2) is 0 Å². The first-order valence-corrected chi connectivity index (χ1v) is 8.97. The maximum Gasteiger partial charge on any atom is 0.247 e. The SMILES string of the molecule is CCN(CC(=O)Nc1cc(Cl)ccc1C)C(=O)/C=C/c1cccc(OC)c1. The first-order chi connectivity index (χ1) is 12.9. The molecule has 142 valence electrons. The van der Waals surface area contributed by atoms with E-state index in [1.807, 2.05) is 44.2 Å². The lowest BCUT2D eigenvalue weighted by molar-refractivity contribution is -0.130. The number of anilines is 1.